The molecule has 1 aliphatic heterocycles. The molecule has 2 rings (SSSR count). The molecule has 0 radical (unpaired) electrons. The Morgan fingerprint density at radius 1 is 1.36 bits per heavy atom. The van der Waals surface area contributed by atoms with Crippen LogP contribution in [-0.2, 0) is 16.3 Å². The molecular formula is C16H23NO4S. The van der Waals surface area contributed by atoms with Gasteiger partial charge < -0.3 is 10.0 Å². The Morgan fingerprint density at radius 2 is 2.00 bits per heavy atom. The maximum atomic E-state index is 12.0. The van der Waals surface area contributed by atoms with E-state index in [0.29, 0.717) is 24.3 Å². The Labute approximate surface area is 131 Å². The third-order valence-corrected chi connectivity index (χ3v) is 5.14. The van der Waals surface area contributed by atoms with Crippen molar-refractivity contribution in [2.45, 2.75) is 44.6 Å². The molecule has 0 unspecified atom stereocenters. The summed E-state index contributed by atoms with van der Waals surface area (Å²) >= 11 is 0. The summed E-state index contributed by atoms with van der Waals surface area (Å²) in [6.07, 6.45) is 1.33. The summed E-state index contributed by atoms with van der Waals surface area (Å²) in [4.78, 5) is 13.3. The van der Waals surface area contributed by atoms with Gasteiger partial charge in [-0.25, -0.2) is 13.2 Å². The summed E-state index contributed by atoms with van der Waals surface area (Å²) in [5, 5.41) is 9.47. The molecule has 1 aliphatic rings. The normalized spacial score (nSPS) is 18.9. The van der Waals surface area contributed by atoms with Gasteiger partial charge in [0, 0.05) is 12.8 Å². The lowest BCUT2D eigenvalue weighted by atomic mass is 9.81. The fourth-order valence-corrected chi connectivity index (χ4v) is 4.09. The van der Waals surface area contributed by atoms with Crippen molar-refractivity contribution in [2.24, 2.45) is 5.41 Å². The first-order valence-electron chi connectivity index (χ1n) is 7.32. The molecule has 0 fully saturated rings. The Morgan fingerprint density at radius 3 is 2.50 bits per heavy atom. The van der Waals surface area contributed by atoms with Crippen molar-refractivity contribution >= 4 is 15.9 Å². The lowest BCUT2D eigenvalue weighted by Gasteiger charge is -2.39. The molecule has 0 aromatic heterocycles. The molecule has 122 valence electrons. The van der Waals surface area contributed by atoms with Gasteiger partial charge in [-0.15, -0.1) is 0 Å². The first-order chi connectivity index (χ1) is 10.0. The number of benzene rings is 1. The number of rotatable bonds is 2. The van der Waals surface area contributed by atoms with E-state index in [1.54, 1.807) is 12.1 Å². The molecule has 0 saturated carbocycles. The highest BCUT2D eigenvalue weighted by atomic mass is 32.2. The number of hydrogen-bond donors (Lipinski definition) is 1. The van der Waals surface area contributed by atoms with Gasteiger partial charge in [0.25, 0.3) is 0 Å². The van der Waals surface area contributed by atoms with Gasteiger partial charge in [0.1, 0.15) is 0 Å². The lowest BCUT2D eigenvalue weighted by molar-refractivity contribution is 0.103. The maximum absolute atomic E-state index is 12.0. The molecule has 0 bridgehead atoms. The second-order valence-electron chi connectivity index (χ2n) is 7.10. The predicted molar refractivity (Wildman–Crippen MR) is 84.8 cm³/mol. The van der Waals surface area contributed by atoms with E-state index < -0.39 is 15.9 Å². The van der Waals surface area contributed by atoms with Gasteiger partial charge in [-0.1, -0.05) is 32.9 Å². The second-order valence-corrected chi connectivity index (χ2v) is 9.09. The first kappa shape index (κ1) is 16.8. The minimum atomic E-state index is -3.32. The minimum absolute atomic E-state index is 0.0614. The van der Waals surface area contributed by atoms with Crippen molar-refractivity contribution in [1.29, 1.82) is 0 Å². The molecule has 1 N–H and O–H groups in total. The van der Waals surface area contributed by atoms with Crippen LogP contribution in [0.25, 0.3) is 0 Å². The van der Waals surface area contributed by atoms with Gasteiger partial charge in [0.2, 0.25) is 0 Å². The smallest absolute Gasteiger partial charge is 0.407 e. The van der Waals surface area contributed by atoms with Gasteiger partial charge in [0.05, 0.1) is 10.9 Å². The summed E-state index contributed by atoms with van der Waals surface area (Å²) in [5.74, 6) is 0. The number of nitrogens with zero attached hydrogens (tertiary/aromatic N) is 1. The monoisotopic (exact) mass is 325 g/mol. The molecule has 6 heteroatoms. The zero-order valence-corrected chi connectivity index (χ0v) is 14.3. The van der Waals surface area contributed by atoms with E-state index >= 15 is 0 Å². The Balaban J connectivity index is 2.58. The number of fused-ring (bicyclic) bond motifs is 1. The maximum Gasteiger partial charge on any atom is 0.407 e. The van der Waals surface area contributed by atoms with Gasteiger partial charge in [-0.05, 0) is 35.4 Å². The topological polar surface area (TPSA) is 74.7 Å². The van der Waals surface area contributed by atoms with Crippen LogP contribution in [0.15, 0.2) is 23.1 Å². The van der Waals surface area contributed by atoms with Crippen LogP contribution < -0.4 is 0 Å². The minimum Gasteiger partial charge on any atom is -0.465 e. The van der Waals surface area contributed by atoms with Crippen molar-refractivity contribution in [1.82, 2.24) is 4.90 Å². The highest BCUT2D eigenvalue weighted by Crippen LogP contribution is 2.40. The number of carbonyl (C=O) groups is 1. The zero-order chi connectivity index (χ0) is 16.7. The van der Waals surface area contributed by atoms with E-state index in [4.69, 9.17) is 0 Å². The molecule has 5 nitrogen and oxygen atoms in total. The Bertz CT molecular complexity index is 689. The van der Waals surface area contributed by atoms with Crippen molar-refractivity contribution in [2.75, 3.05) is 12.8 Å². The Hall–Kier alpha value is -1.56. The lowest BCUT2D eigenvalue weighted by Crippen LogP contribution is -2.41. The number of carboxylic acid groups (broad SMARTS) is 1. The summed E-state index contributed by atoms with van der Waals surface area (Å²) in [5.41, 5.74) is 1.54. The number of amides is 1. The zero-order valence-electron chi connectivity index (χ0n) is 13.5. The van der Waals surface area contributed by atoms with E-state index in [1.165, 1.54) is 11.2 Å². The third kappa shape index (κ3) is 3.43. The van der Waals surface area contributed by atoms with Crippen LogP contribution in [0.5, 0.6) is 0 Å². The average Bonchev–Trinajstić information content (AvgIpc) is 2.35. The number of sulfone groups is 1. The standard InChI is InChI=1S/C16H23NO4S/c1-16(2,3)10-13-11-6-5-7-14(22(4,20)21)12(11)8-9-17(13)15(18)19/h5-7,13H,8-10H2,1-4H3,(H,18,19)/t13-/m0/s1. The molecular weight excluding hydrogens is 302 g/mol. The van der Waals surface area contributed by atoms with Crippen LogP contribution in [0, 0.1) is 5.41 Å². The van der Waals surface area contributed by atoms with E-state index in [1.807, 2.05) is 6.07 Å². The summed E-state index contributed by atoms with van der Waals surface area (Å²) in [7, 11) is -3.32. The van der Waals surface area contributed by atoms with E-state index in [-0.39, 0.29) is 11.5 Å². The van der Waals surface area contributed by atoms with Crippen molar-refractivity contribution in [3.8, 4) is 0 Å². The van der Waals surface area contributed by atoms with E-state index in [9.17, 15) is 18.3 Å². The second kappa shape index (κ2) is 5.57. The predicted octanol–water partition coefficient (Wildman–Crippen LogP) is 3.10. The molecule has 1 atom stereocenters. The van der Waals surface area contributed by atoms with Crippen LogP contribution in [0.1, 0.15) is 44.4 Å². The van der Waals surface area contributed by atoms with Crippen molar-refractivity contribution in [3.05, 3.63) is 29.3 Å². The van der Waals surface area contributed by atoms with Crippen molar-refractivity contribution in [3.63, 3.8) is 0 Å². The summed E-state index contributed by atoms with van der Waals surface area (Å²) < 4.78 is 24.0. The molecule has 0 saturated heterocycles. The van der Waals surface area contributed by atoms with Gasteiger partial charge in [-0.2, -0.15) is 0 Å². The van der Waals surface area contributed by atoms with Gasteiger partial charge in [-0.3, -0.25) is 0 Å². The molecule has 1 amide bonds. The van der Waals surface area contributed by atoms with E-state index in [0.717, 1.165) is 11.1 Å². The largest absolute Gasteiger partial charge is 0.465 e. The van der Waals surface area contributed by atoms with Crippen molar-refractivity contribution < 1.29 is 18.3 Å². The summed E-state index contributed by atoms with van der Waals surface area (Å²) in [6, 6.07) is 4.87. The summed E-state index contributed by atoms with van der Waals surface area (Å²) in [6.45, 7) is 6.50. The first-order valence-corrected chi connectivity index (χ1v) is 9.21. The molecule has 1 aromatic rings. The molecule has 1 heterocycles. The van der Waals surface area contributed by atoms with Crippen LogP contribution in [0.3, 0.4) is 0 Å². The fraction of sp³-hybridized carbons (Fsp3) is 0.562. The quantitative estimate of drug-likeness (QED) is 0.906. The van der Waals surface area contributed by atoms with E-state index in [2.05, 4.69) is 20.8 Å². The molecule has 0 spiro atoms. The SMILES string of the molecule is CC(C)(C)C[C@H]1c2cccc(S(C)(=O)=O)c2CCN1C(=O)O. The van der Waals surface area contributed by atoms with Crippen LogP contribution in [-0.4, -0.2) is 37.3 Å². The van der Waals surface area contributed by atoms with Gasteiger partial charge in [0.15, 0.2) is 9.84 Å². The highest BCUT2D eigenvalue weighted by Gasteiger charge is 2.35. The van der Waals surface area contributed by atoms with Gasteiger partial charge >= 0.3 is 6.09 Å². The third-order valence-electron chi connectivity index (χ3n) is 3.96. The Kier molecular flexibility index (Phi) is 4.26. The number of hydrogen-bond acceptors (Lipinski definition) is 3. The van der Waals surface area contributed by atoms with Crippen LogP contribution in [0.2, 0.25) is 0 Å². The average molecular weight is 325 g/mol. The molecule has 1 aromatic carbocycles. The van der Waals surface area contributed by atoms with Crippen LogP contribution >= 0.6 is 0 Å². The molecule has 0 aliphatic carbocycles. The highest BCUT2D eigenvalue weighted by molar-refractivity contribution is 7.90. The molecule has 22 heavy (non-hydrogen) atoms. The fourth-order valence-electron chi connectivity index (χ4n) is 3.09. The van der Waals surface area contributed by atoms with Crippen LogP contribution in [0.4, 0.5) is 4.79 Å².